The van der Waals surface area contributed by atoms with Crippen LogP contribution in [0.1, 0.15) is 15.9 Å². The predicted molar refractivity (Wildman–Crippen MR) is 83.1 cm³/mol. The van der Waals surface area contributed by atoms with Gasteiger partial charge in [-0.1, -0.05) is 23.2 Å². The quantitative estimate of drug-likeness (QED) is 0.867. The molecule has 0 saturated heterocycles. The van der Waals surface area contributed by atoms with Crippen molar-refractivity contribution in [1.29, 1.82) is 0 Å². The molecule has 110 valence electrons. The second-order valence-corrected chi connectivity index (χ2v) is 5.59. The smallest absolute Gasteiger partial charge is 0.254 e. The van der Waals surface area contributed by atoms with Gasteiger partial charge in [0.25, 0.3) is 5.91 Å². The molecule has 2 aromatic carbocycles. The lowest BCUT2D eigenvalue weighted by Gasteiger charge is -2.18. The van der Waals surface area contributed by atoms with Crippen LogP contribution in [0.2, 0.25) is 10.0 Å². The normalized spacial score (nSPS) is 10.5. The van der Waals surface area contributed by atoms with E-state index in [0.717, 1.165) is 17.7 Å². The van der Waals surface area contributed by atoms with E-state index in [4.69, 9.17) is 28.9 Å². The molecular weight excluding hydrogens is 314 g/mol. The summed E-state index contributed by atoms with van der Waals surface area (Å²) in [6.07, 6.45) is 0. The summed E-state index contributed by atoms with van der Waals surface area (Å²) < 4.78 is 13.3. The molecule has 1 amide bonds. The molecule has 0 radical (unpaired) electrons. The summed E-state index contributed by atoms with van der Waals surface area (Å²) in [4.78, 5) is 13.7. The van der Waals surface area contributed by atoms with E-state index in [1.54, 1.807) is 25.2 Å². The fourth-order valence-corrected chi connectivity index (χ4v) is 2.58. The monoisotopic (exact) mass is 326 g/mol. The number of nitrogen functional groups attached to an aromatic ring is 1. The lowest BCUT2D eigenvalue weighted by Crippen LogP contribution is -2.26. The first-order valence-electron chi connectivity index (χ1n) is 6.11. The minimum absolute atomic E-state index is 0.197. The molecule has 0 aromatic heterocycles. The van der Waals surface area contributed by atoms with E-state index >= 15 is 0 Å². The van der Waals surface area contributed by atoms with Crippen LogP contribution in [-0.2, 0) is 6.54 Å². The maximum Gasteiger partial charge on any atom is 0.254 e. The van der Waals surface area contributed by atoms with Crippen LogP contribution >= 0.6 is 23.2 Å². The number of halogens is 3. The molecule has 2 aromatic rings. The number of rotatable bonds is 3. The van der Waals surface area contributed by atoms with Crippen LogP contribution in [0.4, 0.5) is 10.1 Å². The van der Waals surface area contributed by atoms with Gasteiger partial charge in [-0.3, -0.25) is 4.79 Å². The van der Waals surface area contributed by atoms with Gasteiger partial charge in [0.2, 0.25) is 0 Å². The van der Waals surface area contributed by atoms with Gasteiger partial charge in [-0.2, -0.15) is 0 Å². The fraction of sp³-hybridized carbons (Fsp3) is 0.133. The third-order valence-corrected chi connectivity index (χ3v) is 3.29. The Morgan fingerprint density at radius 1 is 1.14 bits per heavy atom. The summed E-state index contributed by atoms with van der Waals surface area (Å²) in [7, 11) is 1.61. The van der Waals surface area contributed by atoms with Gasteiger partial charge in [-0.15, -0.1) is 0 Å². The molecule has 6 heteroatoms. The highest BCUT2D eigenvalue weighted by atomic mass is 35.5. The first-order chi connectivity index (χ1) is 9.85. The third-order valence-electron chi connectivity index (χ3n) is 2.86. The van der Waals surface area contributed by atoms with Crippen molar-refractivity contribution in [3.05, 3.63) is 63.4 Å². The van der Waals surface area contributed by atoms with Gasteiger partial charge in [0.1, 0.15) is 5.82 Å². The largest absolute Gasteiger partial charge is 0.399 e. The number of nitrogens with two attached hydrogens (primary N) is 1. The Morgan fingerprint density at radius 2 is 1.76 bits per heavy atom. The van der Waals surface area contributed by atoms with Crippen LogP contribution in [0.15, 0.2) is 36.4 Å². The second kappa shape index (κ2) is 6.33. The number of carbonyl (C=O) groups excluding carboxylic acids is 1. The average Bonchev–Trinajstić information content (AvgIpc) is 2.35. The molecule has 0 aliphatic rings. The zero-order chi connectivity index (χ0) is 15.6. The Kier molecular flexibility index (Phi) is 4.70. The number of nitrogens with zero attached hydrogens (tertiary/aromatic N) is 1. The molecule has 0 spiro atoms. The Bertz CT molecular complexity index is 651. The van der Waals surface area contributed by atoms with Gasteiger partial charge in [-0.05, 0) is 42.0 Å². The van der Waals surface area contributed by atoms with Crippen molar-refractivity contribution >= 4 is 34.8 Å². The molecule has 21 heavy (non-hydrogen) atoms. The number of benzene rings is 2. The van der Waals surface area contributed by atoms with Crippen molar-refractivity contribution < 1.29 is 9.18 Å². The number of hydrogen-bond acceptors (Lipinski definition) is 2. The van der Waals surface area contributed by atoms with Crippen molar-refractivity contribution in [3.63, 3.8) is 0 Å². The highest BCUT2D eigenvalue weighted by molar-refractivity contribution is 6.34. The molecule has 0 heterocycles. The average molecular weight is 327 g/mol. The van der Waals surface area contributed by atoms with E-state index in [0.29, 0.717) is 16.6 Å². The highest BCUT2D eigenvalue weighted by Gasteiger charge is 2.14. The zero-order valence-corrected chi connectivity index (χ0v) is 12.7. The molecule has 0 unspecified atom stereocenters. The topological polar surface area (TPSA) is 46.3 Å². The Morgan fingerprint density at radius 3 is 2.33 bits per heavy atom. The molecule has 0 aliphatic carbocycles. The van der Waals surface area contributed by atoms with Crippen LogP contribution in [0.5, 0.6) is 0 Å². The molecule has 0 aliphatic heterocycles. The standard InChI is InChI=1S/C15H13Cl2FN2O/c1-20(8-9-2-11(16)6-12(17)3-9)15(21)10-4-13(18)7-14(19)5-10/h2-7H,8,19H2,1H3. The minimum Gasteiger partial charge on any atom is -0.399 e. The van der Waals surface area contributed by atoms with E-state index in [2.05, 4.69) is 0 Å². The highest BCUT2D eigenvalue weighted by Crippen LogP contribution is 2.21. The molecule has 0 saturated carbocycles. The Labute approximate surface area is 132 Å². The number of carbonyl (C=O) groups is 1. The SMILES string of the molecule is CN(Cc1cc(Cl)cc(Cl)c1)C(=O)c1cc(N)cc(F)c1. The summed E-state index contributed by atoms with van der Waals surface area (Å²) >= 11 is 11.8. The van der Waals surface area contributed by atoms with Gasteiger partial charge >= 0.3 is 0 Å². The van der Waals surface area contributed by atoms with Crippen molar-refractivity contribution in [2.24, 2.45) is 0 Å². The minimum atomic E-state index is -0.544. The molecule has 2 rings (SSSR count). The number of amides is 1. The molecule has 0 atom stereocenters. The predicted octanol–water partition coefficient (Wildman–Crippen LogP) is 3.99. The van der Waals surface area contributed by atoms with E-state index in [-0.39, 0.29) is 17.2 Å². The summed E-state index contributed by atoms with van der Waals surface area (Å²) in [5.41, 5.74) is 6.73. The lowest BCUT2D eigenvalue weighted by molar-refractivity contribution is 0.0784. The number of hydrogen-bond donors (Lipinski definition) is 1. The van der Waals surface area contributed by atoms with E-state index in [9.17, 15) is 9.18 Å². The maximum atomic E-state index is 13.3. The first-order valence-corrected chi connectivity index (χ1v) is 6.87. The van der Waals surface area contributed by atoms with Gasteiger partial charge in [0.05, 0.1) is 0 Å². The zero-order valence-electron chi connectivity index (χ0n) is 11.2. The van der Waals surface area contributed by atoms with Crippen LogP contribution in [0.25, 0.3) is 0 Å². The van der Waals surface area contributed by atoms with Gasteiger partial charge in [0, 0.05) is 34.9 Å². The maximum absolute atomic E-state index is 13.3. The summed E-state index contributed by atoms with van der Waals surface area (Å²) in [6.45, 7) is 0.301. The summed E-state index contributed by atoms with van der Waals surface area (Å²) in [5.74, 6) is -0.880. The Hall–Kier alpha value is -1.78. The van der Waals surface area contributed by atoms with Crippen LogP contribution in [-0.4, -0.2) is 17.9 Å². The van der Waals surface area contributed by atoms with E-state index < -0.39 is 5.82 Å². The number of anilines is 1. The molecule has 2 N–H and O–H groups in total. The molecule has 0 bridgehead atoms. The lowest BCUT2D eigenvalue weighted by atomic mass is 10.1. The van der Waals surface area contributed by atoms with Crippen molar-refractivity contribution in [2.75, 3.05) is 12.8 Å². The van der Waals surface area contributed by atoms with Crippen molar-refractivity contribution in [3.8, 4) is 0 Å². The van der Waals surface area contributed by atoms with Crippen LogP contribution in [0, 0.1) is 5.82 Å². The fourth-order valence-electron chi connectivity index (χ4n) is 2.00. The summed E-state index contributed by atoms with van der Waals surface area (Å²) in [5, 5.41) is 0.988. The Balaban J connectivity index is 2.19. The van der Waals surface area contributed by atoms with Crippen LogP contribution in [0.3, 0.4) is 0 Å². The third kappa shape index (κ3) is 4.09. The molecular formula is C15H13Cl2FN2O. The first kappa shape index (κ1) is 15.6. The summed E-state index contributed by atoms with van der Waals surface area (Å²) in [6, 6.07) is 8.80. The van der Waals surface area contributed by atoms with E-state index in [1.165, 1.54) is 11.0 Å². The molecule has 3 nitrogen and oxygen atoms in total. The van der Waals surface area contributed by atoms with E-state index in [1.807, 2.05) is 0 Å². The van der Waals surface area contributed by atoms with Gasteiger partial charge in [0.15, 0.2) is 0 Å². The van der Waals surface area contributed by atoms with Crippen molar-refractivity contribution in [2.45, 2.75) is 6.54 Å². The van der Waals surface area contributed by atoms with Gasteiger partial charge < -0.3 is 10.6 Å². The molecule has 0 fully saturated rings. The van der Waals surface area contributed by atoms with Crippen LogP contribution < -0.4 is 5.73 Å². The van der Waals surface area contributed by atoms with Crippen molar-refractivity contribution in [1.82, 2.24) is 4.90 Å². The second-order valence-electron chi connectivity index (χ2n) is 4.71. The van der Waals surface area contributed by atoms with Gasteiger partial charge in [-0.25, -0.2) is 4.39 Å².